The molecule has 1 aromatic carbocycles. The maximum absolute atomic E-state index is 13.6. The van der Waals surface area contributed by atoms with Crippen LogP contribution in [0.1, 0.15) is 31.3 Å². The maximum Gasteiger partial charge on any atom is 0.146 e. The SMILES string of the molecule is Cc1cccc(F)c1NCc1ncnn1C(C)C. The summed E-state index contributed by atoms with van der Waals surface area (Å²) in [4.78, 5) is 4.18. The molecule has 0 spiro atoms. The van der Waals surface area contributed by atoms with Crippen molar-refractivity contribution >= 4 is 5.69 Å². The Hall–Kier alpha value is -1.91. The second kappa shape index (κ2) is 5.16. The minimum Gasteiger partial charge on any atom is -0.375 e. The van der Waals surface area contributed by atoms with Gasteiger partial charge in [0.25, 0.3) is 0 Å². The van der Waals surface area contributed by atoms with Crippen LogP contribution in [0, 0.1) is 12.7 Å². The van der Waals surface area contributed by atoms with Crippen molar-refractivity contribution in [3.63, 3.8) is 0 Å². The summed E-state index contributed by atoms with van der Waals surface area (Å²) in [7, 11) is 0. The first-order valence-electron chi connectivity index (χ1n) is 5.97. The predicted octanol–water partition coefficient (Wildman–Crippen LogP) is 2.92. The molecule has 0 saturated heterocycles. The van der Waals surface area contributed by atoms with E-state index in [1.165, 1.54) is 12.4 Å². The lowest BCUT2D eigenvalue weighted by Gasteiger charge is -2.12. The molecule has 0 unspecified atom stereocenters. The molecule has 0 aliphatic rings. The van der Waals surface area contributed by atoms with Crippen LogP contribution in [0.2, 0.25) is 0 Å². The lowest BCUT2D eigenvalue weighted by Crippen LogP contribution is -2.13. The van der Waals surface area contributed by atoms with Crippen molar-refractivity contribution in [3.05, 3.63) is 41.7 Å². The highest BCUT2D eigenvalue weighted by atomic mass is 19.1. The van der Waals surface area contributed by atoms with Crippen molar-refractivity contribution in [2.24, 2.45) is 0 Å². The summed E-state index contributed by atoms with van der Waals surface area (Å²) in [5.74, 6) is 0.554. The standard InChI is InChI=1S/C13H17FN4/c1-9(2)18-12(16-8-17-18)7-15-13-10(3)5-4-6-11(13)14/h4-6,8-9,15H,7H2,1-3H3. The van der Waals surface area contributed by atoms with Crippen LogP contribution in [0.5, 0.6) is 0 Å². The van der Waals surface area contributed by atoms with Gasteiger partial charge in [0.05, 0.1) is 12.2 Å². The molecule has 1 heterocycles. The minimum atomic E-state index is -0.245. The lowest BCUT2D eigenvalue weighted by molar-refractivity contribution is 0.508. The van der Waals surface area contributed by atoms with Gasteiger partial charge in [0, 0.05) is 6.04 Å². The Morgan fingerprint density at radius 1 is 1.39 bits per heavy atom. The Bertz CT molecular complexity index is 513. The van der Waals surface area contributed by atoms with Gasteiger partial charge in [0.15, 0.2) is 0 Å². The van der Waals surface area contributed by atoms with E-state index in [0.29, 0.717) is 12.2 Å². The van der Waals surface area contributed by atoms with Crippen LogP contribution in [0.4, 0.5) is 10.1 Å². The Morgan fingerprint density at radius 2 is 2.17 bits per heavy atom. The molecule has 0 radical (unpaired) electrons. The third-order valence-electron chi connectivity index (χ3n) is 2.78. The normalized spacial score (nSPS) is 10.9. The number of aromatic nitrogens is 3. The quantitative estimate of drug-likeness (QED) is 0.904. The second-order valence-corrected chi connectivity index (χ2v) is 4.50. The third-order valence-corrected chi connectivity index (χ3v) is 2.78. The fraction of sp³-hybridized carbons (Fsp3) is 0.385. The molecule has 0 bridgehead atoms. The van der Waals surface area contributed by atoms with Crippen LogP contribution in [0.15, 0.2) is 24.5 Å². The first kappa shape index (κ1) is 12.5. The van der Waals surface area contributed by atoms with E-state index in [-0.39, 0.29) is 11.9 Å². The van der Waals surface area contributed by atoms with Crippen LogP contribution in [0.25, 0.3) is 0 Å². The maximum atomic E-state index is 13.6. The molecular weight excluding hydrogens is 231 g/mol. The highest BCUT2D eigenvalue weighted by molar-refractivity contribution is 5.51. The molecule has 96 valence electrons. The molecule has 5 heteroatoms. The summed E-state index contributed by atoms with van der Waals surface area (Å²) in [5.41, 5.74) is 1.40. The summed E-state index contributed by atoms with van der Waals surface area (Å²) < 4.78 is 15.5. The molecule has 2 rings (SSSR count). The van der Waals surface area contributed by atoms with E-state index < -0.39 is 0 Å². The average molecular weight is 248 g/mol. The van der Waals surface area contributed by atoms with Gasteiger partial charge in [-0.1, -0.05) is 12.1 Å². The van der Waals surface area contributed by atoms with Crippen LogP contribution in [0.3, 0.4) is 0 Å². The number of halogens is 1. The molecule has 18 heavy (non-hydrogen) atoms. The van der Waals surface area contributed by atoms with Gasteiger partial charge in [0.2, 0.25) is 0 Å². The number of nitrogens with one attached hydrogen (secondary N) is 1. The van der Waals surface area contributed by atoms with Gasteiger partial charge in [-0.05, 0) is 32.4 Å². The second-order valence-electron chi connectivity index (χ2n) is 4.50. The van der Waals surface area contributed by atoms with Crippen LogP contribution in [-0.2, 0) is 6.54 Å². The summed E-state index contributed by atoms with van der Waals surface area (Å²) in [6, 6.07) is 5.26. The molecule has 0 saturated carbocycles. The fourth-order valence-corrected chi connectivity index (χ4v) is 1.86. The largest absolute Gasteiger partial charge is 0.375 e. The Morgan fingerprint density at radius 3 is 2.83 bits per heavy atom. The van der Waals surface area contributed by atoms with E-state index in [1.54, 1.807) is 6.07 Å². The zero-order valence-corrected chi connectivity index (χ0v) is 10.8. The molecule has 0 aliphatic heterocycles. The van der Waals surface area contributed by atoms with Crippen LogP contribution >= 0.6 is 0 Å². The molecule has 0 fully saturated rings. The highest BCUT2D eigenvalue weighted by Crippen LogP contribution is 2.19. The van der Waals surface area contributed by atoms with Crippen molar-refractivity contribution in [1.29, 1.82) is 0 Å². The molecule has 0 atom stereocenters. The van der Waals surface area contributed by atoms with Crippen molar-refractivity contribution < 1.29 is 4.39 Å². The van der Waals surface area contributed by atoms with E-state index in [0.717, 1.165) is 11.4 Å². The van der Waals surface area contributed by atoms with Crippen molar-refractivity contribution in [2.75, 3.05) is 5.32 Å². The molecule has 0 aliphatic carbocycles. The Kier molecular flexibility index (Phi) is 3.60. The van der Waals surface area contributed by atoms with Gasteiger partial charge in [-0.2, -0.15) is 5.10 Å². The number of hydrogen-bond acceptors (Lipinski definition) is 3. The monoisotopic (exact) mass is 248 g/mol. The van der Waals surface area contributed by atoms with Crippen molar-refractivity contribution in [3.8, 4) is 0 Å². The van der Waals surface area contributed by atoms with E-state index >= 15 is 0 Å². The predicted molar refractivity (Wildman–Crippen MR) is 68.9 cm³/mol. The summed E-state index contributed by atoms with van der Waals surface area (Å²) in [5, 5.41) is 7.23. The fourth-order valence-electron chi connectivity index (χ4n) is 1.86. The zero-order chi connectivity index (χ0) is 13.1. The van der Waals surface area contributed by atoms with Gasteiger partial charge in [-0.25, -0.2) is 14.1 Å². The Balaban J connectivity index is 2.14. The summed E-state index contributed by atoms with van der Waals surface area (Å²) in [6.07, 6.45) is 1.52. The van der Waals surface area contributed by atoms with Gasteiger partial charge >= 0.3 is 0 Å². The van der Waals surface area contributed by atoms with Crippen LogP contribution < -0.4 is 5.32 Å². The molecular formula is C13H17FN4. The van der Waals surface area contributed by atoms with Gasteiger partial charge in [-0.3, -0.25) is 0 Å². The first-order valence-corrected chi connectivity index (χ1v) is 5.97. The number of para-hydroxylation sites is 1. The smallest absolute Gasteiger partial charge is 0.146 e. The molecule has 4 nitrogen and oxygen atoms in total. The molecule has 1 aromatic heterocycles. The van der Waals surface area contributed by atoms with E-state index in [4.69, 9.17) is 0 Å². The molecule has 0 amide bonds. The first-order chi connectivity index (χ1) is 8.59. The van der Waals surface area contributed by atoms with Gasteiger partial charge in [0.1, 0.15) is 18.0 Å². The zero-order valence-electron chi connectivity index (χ0n) is 10.8. The van der Waals surface area contributed by atoms with E-state index in [2.05, 4.69) is 15.4 Å². The topological polar surface area (TPSA) is 42.7 Å². The average Bonchev–Trinajstić information content (AvgIpc) is 2.76. The van der Waals surface area contributed by atoms with Crippen molar-refractivity contribution in [2.45, 2.75) is 33.4 Å². The highest BCUT2D eigenvalue weighted by Gasteiger charge is 2.09. The summed E-state index contributed by atoms with van der Waals surface area (Å²) in [6.45, 7) is 6.40. The van der Waals surface area contributed by atoms with Gasteiger partial charge in [-0.15, -0.1) is 0 Å². The van der Waals surface area contributed by atoms with Crippen molar-refractivity contribution in [1.82, 2.24) is 14.8 Å². The molecule has 2 aromatic rings. The number of nitrogens with zero attached hydrogens (tertiary/aromatic N) is 3. The van der Waals surface area contributed by atoms with E-state index in [1.807, 2.05) is 31.5 Å². The number of hydrogen-bond donors (Lipinski definition) is 1. The third kappa shape index (κ3) is 2.50. The minimum absolute atomic E-state index is 0.242. The lowest BCUT2D eigenvalue weighted by atomic mass is 10.2. The number of benzene rings is 1. The Labute approximate surface area is 106 Å². The number of aryl methyl sites for hydroxylation is 1. The van der Waals surface area contributed by atoms with E-state index in [9.17, 15) is 4.39 Å². The summed E-state index contributed by atoms with van der Waals surface area (Å²) >= 11 is 0. The number of rotatable bonds is 4. The molecule has 1 N–H and O–H groups in total. The number of anilines is 1. The van der Waals surface area contributed by atoms with Gasteiger partial charge < -0.3 is 5.32 Å². The van der Waals surface area contributed by atoms with Crippen LogP contribution in [-0.4, -0.2) is 14.8 Å².